The molecule has 4 rings (SSSR count). The van der Waals surface area contributed by atoms with Crippen molar-refractivity contribution in [1.82, 2.24) is 24.8 Å². The van der Waals surface area contributed by atoms with Gasteiger partial charge >= 0.3 is 5.97 Å². The fraction of sp³-hybridized carbons (Fsp3) is 0.286. The predicted molar refractivity (Wildman–Crippen MR) is 124 cm³/mol. The van der Waals surface area contributed by atoms with Crippen LogP contribution in [0.25, 0.3) is 11.1 Å². The number of nitrogens with two attached hydrogens (primary N) is 2. The van der Waals surface area contributed by atoms with Gasteiger partial charge < -0.3 is 30.2 Å². The molecule has 3 heterocycles. The maximum atomic E-state index is 12.3. The van der Waals surface area contributed by atoms with Gasteiger partial charge in [0.1, 0.15) is 41.1 Å². The average molecular weight is 486 g/mol. The van der Waals surface area contributed by atoms with E-state index >= 15 is 0 Å². The van der Waals surface area contributed by atoms with Crippen molar-refractivity contribution in [2.45, 2.75) is 31.4 Å². The minimum Gasteiger partial charge on any atom is -0.497 e. The maximum absolute atomic E-state index is 12.3. The van der Waals surface area contributed by atoms with Crippen LogP contribution in [-0.4, -0.2) is 44.5 Å². The highest BCUT2D eigenvalue weighted by Crippen LogP contribution is 2.30. The van der Waals surface area contributed by atoms with Crippen molar-refractivity contribution < 1.29 is 23.4 Å². The Morgan fingerprint density at radius 1 is 1.24 bits per heavy atom. The molecule has 0 radical (unpaired) electrons. The largest absolute Gasteiger partial charge is 0.497 e. The molecule has 4 aromatic rings. The highest BCUT2D eigenvalue weighted by Gasteiger charge is 2.24. The van der Waals surface area contributed by atoms with Crippen LogP contribution in [0.2, 0.25) is 0 Å². The lowest BCUT2D eigenvalue weighted by molar-refractivity contribution is 0.0526. The van der Waals surface area contributed by atoms with E-state index in [1.165, 1.54) is 16.4 Å². The SMILES string of the molecule is CCOC(=O)c1c(C)oc2nc(CSc3nnc(COc4cccc(OC)c4)n3N)nc(N)c12. The first kappa shape index (κ1) is 23.2. The Morgan fingerprint density at radius 3 is 2.79 bits per heavy atom. The van der Waals surface area contributed by atoms with Gasteiger partial charge in [0.15, 0.2) is 5.82 Å². The van der Waals surface area contributed by atoms with Gasteiger partial charge in [-0.15, -0.1) is 10.2 Å². The fourth-order valence-electron chi connectivity index (χ4n) is 3.17. The first-order valence-corrected chi connectivity index (χ1v) is 11.2. The fourth-order valence-corrected chi connectivity index (χ4v) is 3.90. The summed E-state index contributed by atoms with van der Waals surface area (Å²) in [6.07, 6.45) is 0. The molecule has 3 aromatic heterocycles. The van der Waals surface area contributed by atoms with Gasteiger partial charge in [-0.2, -0.15) is 4.98 Å². The number of carbonyl (C=O) groups excluding carboxylic acids is 1. The van der Waals surface area contributed by atoms with Crippen LogP contribution in [0.15, 0.2) is 33.8 Å². The smallest absolute Gasteiger partial charge is 0.342 e. The number of fused-ring (bicyclic) bond motifs is 1. The second-order valence-corrected chi connectivity index (χ2v) is 7.93. The molecule has 0 unspecified atom stereocenters. The van der Waals surface area contributed by atoms with E-state index in [1.807, 2.05) is 12.1 Å². The lowest BCUT2D eigenvalue weighted by atomic mass is 10.2. The summed E-state index contributed by atoms with van der Waals surface area (Å²) in [4.78, 5) is 20.9. The zero-order chi connectivity index (χ0) is 24.2. The Hall–Kier alpha value is -4.00. The van der Waals surface area contributed by atoms with E-state index in [4.69, 9.17) is 30.2 Å². The standard InChI is InChI=1S/C21H23N7O5S/c1-4-31-20(29)16-11(2)33-19-17(16)18(22)24-14(25-19)10-34-21-27-26-15(28(21)23)9-32-13-7-5-6-12(8-13)30-3/h5-8H,4,9-10,23H2,1-3H3,(H2,22,24,25). The third-order valence-electron chi connectivity index (χ3n) is 4.76. The number of nitrogens with zero attached hydrogens (tertiary/aromatic N) is 5. The van der Waals surface area contributed by atoms with Crippen LogP contribution in [0.5, 0.6) is 11.5 Å². The molecule has 34 heavy (non-hydrogen) atoms. The molecule has 0 aliphatic carbocycles. The minimum absolute atomic E-state index is 0.120. The number of nitrogen functional groups attached to an aromatic ring is 2. The molecular formula is C21H23N7O5S. The number of methoxy groups -OCH3 is 1. The zero-order valence-corrected chi connectivity index (χ0v) is 19.6. The number of esters is 1. The number of thioether (sulfide) groups is 1. The highest BCUT2D eigenvalue weighted by atomic mass is 32.2. The van der Waals surface area contributed by atoms with Crippen LogP contribution in [0.4, 0.5) is 5.82 Å². The molecule has 0 aliphatic rings. The number of anilines is 1. The highest BCUT2D eigenvalue weighted by molar-refractivity contribution is 7.98. The Labute approximate surface area is 198 Å². The molecule has 0 amide bonds. The van der Waals surface area contributed by atoms with Crippen LogP contribution < -0.4 is 21.1 Å². The van der Waals surface area contributed by atoms with E-state index in [1.54, 1.807) is 33.1 Å². The number of ether oxygens (including phenoxy) is 3. The van der Waals surface area contributed by atoms with Crippen molar-refractivity contribution in [2.24, 2.45) is 0 Å². The van der Waals surface area contributed by atoms with E-state index in [2.05, 4.69) is 20.2 Å². The van der Waals surface area contributed by atoms with Gasteiger partial charge in [-0.1, -0.05) is 17.8 Å². The van der Waals surface area contributed by atoms with Crippen molar-refractivity contribution in [3.8, 4) is 11.5 Å². The third-order valence-corrected chi connectivity index (χ3v) is 5.70. The normalized spacial score (nSPS) is 11.0. The summed E-state index contributed by atoms with van der Waals surface area (Å²) in [7, 11) is 1.58. The quantitative estimate of drug-likeness (QED) is 0.202. The molecule has 13 heteroatoms. The lowest BCUT2D eigenvalue weighted by Crippen LogP contribution is -2.16. The summed E-state index contributed by atoms with van der Waals surface area (Å²) in [5.41, 5.74) is 6.56. The van der Waals surface area contributed by atoms with Gasteiger partial charge in [-0.05, 0) is 26.0 Å². The van der Waals surface area contributed by atoms with Crippen molar-refractivity contribution in [1.29, 1.82) is 0 Å². The molecule has 4 N–H and O–H groups in total. The van der Waals surface area contributed by atoms with Crippen molar-refractivity contribution in [2.75, 3.05) is 25.3 Å². The Balaban J connectivity index is 1.46. The molecule has 0 spiro atoms. The number of aryl methyl sites for hydroxylation is 1. The van der Waals surface area contributed by atoms with Crippen LogP contribution in [0, 0.1) is 6.92 Å². The summed E-state index contributed by atoms with van der Waals surface area (Å²) in [6, 6.07) is 7.20. The molecule has 0 atom stereocenters. The summed E-state index contributed by atoms with van der Waals surface area (Å²) in [5.74, 6) is 8.49. The number of furan rings is 1. The summed E-state index contributed by atoms with van der Waals surface area (Å²) in [5, 5.41) is 8.95. The summed E-state index contributed by atoms with van der Waals surface area (Å²) >= 11 is 1.27. The van der Waals surface area contributed by atoms with Crippen LogP contribution >= 0.6 is 11.8 Å². The topological polar surface area (TPSA) is 166 Å². The van der Waals surface area contributed by atoms with Gasteiger partial charge in [-0.25, -0.2) is 14.5 Å². The van der Waals surface area contributed by atoms with Crippen LogP contribution in [0.1, 0.15) is 34.7 Å². The number of carbonyl (C=O) groups is 1. The van der Waals surface area contributed by atoms with Gasteiger partial charge in [0, 0.05) is 6.07 Å². The minimum atomic E-state index is -0.531. The second kappa shape index (κ2) is 9.87. The lowest BCUT2D eigenvalue weighted by Gasteiger charge is -2.07. The van der Waals surface area contributed by atoms with Crippen molar-refractivity contribution in [3.63, 3.8) is 0 Å². The third kappa shape index (κ3) is 4.69. The number of hydrogen-bond acceptors (Lipinski definition) is 12. The van der Waals surface area contributed by atoms with Gasteiger partial charge in [-0.3, -0.25) is 0 Å². The second-order valence-electron chi connectivity index (χ2n) is 6.98. The zero-order valence-electron chi connectivity index (χ0n) is 18.8. The van der Waals surface area contributed by atoms with Gasteiger partial charge in [0.05, 0.1) is 24.9 Å². The molecule has 178 valence electrons. The first-order valence-electron chi connectivity index (χ1n) is 10.2. The van der Waals surface area contributed by atoms with Gasteiger partial charge in [0.25, 0.3) is 0 Å². The first-order chi connectivity index (χ1) is 16.4. The number of rotatable bonds is 9. The number of benzene rings is 1. The Kier molecular flexibility index (Phi) is 6.72. The molecule has 0 saturated carbocycles. The molecular weight excluding hydrogens is 462 g/mol. The average Bonchev–Trinajstić information content (AvgIpc) is 3.35. The van der Waals surface area contributed by atoms with E-state index < -0.39 is 5.97 Å². The van der Waals surface area contributed by atoms with Crippen molar-refractivity contribution >= 4 is 34.6 Å². The predicted octanol–water partition coefficient (Wildman–Crippen LogP) is 2.48. The molecule has 0 saturated heterocycles. The van der Waals surface area contributed by atoms with Crippen LogP contribution in [-0.2, 0) is 17.1 Å². The van der Waals surface area contributed by atoms with Crippen molar-refractivity contribution in [3.05, 3.63) is 47.2 Å². The molecule has 1 aromatic carbocycles. The van der Waals surface area contributed by atoms with E-state index in [9.17, 15) is 4.79 Å². The molecule has 0 bridgehead atoms. The molecule has 0 fully saturated rings. The summed E-state index contributed by atoms with van der Waals surface area (Å²) in [6.45, 7) is 3.72. The Bertz CT molecular complexity index is 1340. The number of hydrogen-bond donors (Lipinski definition) is 2. The van der Waals surface area contributed by atoms with E-state index in [0.29, 0.717) is 45.2 Å². The van der Waals surface area contributed by atoms with E-state index in [0.717, 1.165) is 0 Å². The van der Waals surface area contributed by atoms with Crippen LogP contribution in [0.3, 0.4) is 0 Å². The monoisotopic (exact) mass is 485 g/mol. The van der Waals surface area contributed by atoms with E-state index in [-0.39, 0.29) is 30.3 Å². The van der Waals surface area contributed by atoms with Gasteiger partial charge in [0.2, 0.25) is 10.9 Å². The molecule has 0 aliphatic heterocycles. The molecule has 12 nitrogen and oxygen atoms in total. The Morgan fingerprint density at radius 2 is 2.03 bits per heavy atom. The maximum Gasteiger partial charge on any atom is 0.342 e. The summed E-state index contributed by atoms with van der Waals surface area (Å²) < 4.78 is 23.0. The number of aromatic nitrogens is 5.